The molecule has 0 bridgehead atoms. The van der Waals surface area contributed by atoms with E-state index in [0.29, 0.717) is 17.2 Å². The Kier molecular flexibility index (Phi) is 7.38. The van der Waals surface area contributed by atoms with Gasteiger partial charge in [-0.05, 0) is 54.4 Å². The van der Waals surface area contributed by atoms with E-state index in [-0.39, 0.29) is 18.4 Å². The van der Waals surface area contributed by atoms with Crippen LogP contribution in [0.1, 0.15) is 24.1 Å². The van der Waals surface area contributed by atoms with Gasteiger partial charge in [0, 0.05) is 17.4 Å². The first kappa shape index (κ1) is 22.0. The van der Waals surface area contributed by atoms with Crippen LogP contribution in [0.2, 0.25) is 0 Å². The van der Waals surface area contributed by atoms with Crippen LogP contribution in [0.15, 0.2) is 66.7 Å². The van der Waals surface area contributed by atoms with Crippen molar-refractivity contribution in [1.82, 2.24) is 0 Å². The number of carbonyl (C=O) groups excluding carboxylic acids is 1. The molecule has 0 saturated heterocycles. The average molecular weight is 421 g/mol. The van der Waals surface area contributed by atoms with E-state index in [9.17, 15) is 4.79 Å². The van der Waals surface area contributed by atoms with Gasteiger partial charge in [0.25, 0.3) is 0 Å². The first-order valence-electron chi connectivity index (χ1n) is 10.0. The van der Waals surface area contributed by atoms with Crippen LogP contribution in [0.4, 0.5) is 11.4 Å². The molecule has 0 saturated carbocycles. The number of amides is 1. The Morgan fingerprint density at radius 1 is 0.839 bits per heavy atom. The molecule has 0 aromatic heterocycles. The number of anilines is 2. The fraction of sp³-hybridized carbons (Fsp3) is 0.240. The standard InChI is InChI=1S/C25H28N2O4/c1-17(19-8-6-5-7-9-19)26-20-10-12-21(13-11-20)27-24(28)16-18-14-22(29-2)25(31-4)23(15-18)30-3/h5-15,17,26H,16H2,1-4H3,(H,27,28). The highest BCUT2D eigenvalue weighted by atomic mass is 16.5. The molecule has 0 aliphatic carbocycles. The summed E-state index contributed by atoms with van der Waals surface area (Å²) < 4.78 is 16.0. The Bertz CT molecular complexity index is 979. The number of methoxy groups -OCH3 is 3. The number of nitrogens with one attached hydrogen (secondary N) is 2. The van der Waals surface area contributed by atoms with Crippen LogP contribution in [-0.2, 0) is 11.2 Å². The SMILES string of the molecule is COc1cc(CC(=O)Nc2ccc(NC(C)c3ccccc3)cc2)cc(OC)c1OC. The Hall–Kier alpha value is -3.67. The van der Waals surface area contributed by atoms with Gasteiger partial charge in [0.05, 0.1) is 27.8 Å². The van der Waals surface area contributed by atoms with E-state index in [1.807, 2.05) is 42.5 Å². The zero-order valence-corrected chi connectivity index (χ0v) is 18.3. The van der Waals surface area contributed by atoms with Crippen molar-refractivity contribution in [2.24, 2.45) is 0 Å². The minimum Gasteiger partial charge on any atom is -0.493 e. The fourth-order valence-corrected chi connectivity index (χ4v) is 3.35. The van der Waals surface area contributed by atoms with Crippen molar-refractivity contribution < 1.29 is 19.0 Å². The summed E-state index contributed by atoms with van der Waals surface area (Å²) in [5.41, 5.74) is 3.70. The molecular formula is C25H28N2O4. The van der Waals surface area contributed by atoms with Crippen molar-refractivity contribution >= 4 is 17.3 Å². The van der Waals surface area contributed by atoms with E-state index in [2.05, 4.69) is 29.7 Å². The smallest absolute Gasteiger partial charge is 0.228 e. The molecule has 0 spiro atoms. The van der Waals surface area contributed by atoms with E-state index in [1.54, 1.807) is 33.5 Å². The second-order valence-corrected chi connectivity index (χ2v) is 7.11. The van der Waals surface area contributed by atoms with Crippen LogP contribution in [0, 0.1) is 0 Å². The largest absolute Gasteiger partial charge is 0.493 e. The molecule has 3 rings (SSSR count). The van der Waals surface area contributed by atoms with Crippen molar-refractivity contribution in [2.75, 3.05) is 32.0 Å². The van der Waals surface area contributed by atoms with Gasteiger partial charge in [-0.15, -0.1) is 0 Å². The van der Waals surface area contributed by atoms with Gasteiger partial charge >= 0.3 is 0 Å². The lowest BCUT2D eigenvalue weighted by Gasteiger charge is -2.16. The van der Waals surface area contributed by atoms with Gasteiger partial charge in [-0.25, -0.2) is 0 Å². The van der Waals surface area contributed by atoms with Crippen molar-refractivity contribution in [3.63, 3.8) is 0 Å². The molecule has 0 aliphatic heterocycles. The van der Waals surface area contributed by atoms with Crippen LogP contribution in [0.25, 0.3) is 0 Å². The zero-order chi connectivity index (χ0) is 22.2. The van der Waals surface area contributed by atoms with E-state index < -0.39 is 0 Å². The number of hydrogen-bond acceptors (Lipinski definition) is 5. The lowest BCUT2D eigenvalue weighted by molar-refractivity contribution is -0.115. The zero-order valence-electron chi connectivity index (χ0n) is 18.3. The molecule has 6 nitrogen and oxygen atoms in total. The Balaban J connectivity index is 1.62. The second-order valence-electron chi connectivity index (χ2n) is 7.11. The number of benzene rings is 3. The Morgan fingerprint density at radius 3 is 1.97 bits per heavy atom. The Labute approximate surface area is 183 Å². The summed E-state index contributed by atoms with van der Waals surface area (Å²) in [6.07, 6.45) is 0.182. The molecule has 1 unspecified atom stereocenters. The third kappa shape index (κ3) is 5.69. The summed E-state index contributed by atoms with van der Waals surface area (Å²) in [4.78, 5) is 12.5. The van der Waals surface area contributed by atoms with E-state index in [0.717, 1.165) is 16.9 Å². The van der Waals surface area contributed by atoms with Gasteiger partial charge in [-0.3, -0.25) is 4.79 Å². The van der Waals surface area contributed by atoms with Crippen molar-refractivity contribution in [2.45, 2.75) is 19.4 Å². The predicted molar refractivity (Wildman–Crippen MR) is 123 cm³/mol. The molecule has 0 aliphatic rings. The van der Waals surface area contributed by atoms with Crippen LogP contribution >= 0.6 is 0 Å². The summed E-state index contributed by atoms with van der Waals surface area (Å²) in [6.45, 7) is 2.11. The highest BCUT2D eigenvalue weighted by molar-refractivity contribution is 5.92. The van der Waals surface area contributed by atoms with E-state index in [1.165, 1.54) is 5.56 Å². The van der Waals surface area contributed by atoms with Gasteiger partial charge in [-0.2, -0.15) is 0 Å². The number of carbonyl (C=O) groups is 1. The number of hydrogen-bond donors (Lipinski definition) is 2. The molecule has 0 fully saturated rings. The quantitative estimate of drug-likeness (QED) is 0.506. The van der Waals surface area contributed by atoms with Crippen LogP contribution in [0.5, 0.6) is 17.2 Å². The predicted octanol–water partition coefficient (Wildman–Crippen LogP) is 5.07. The maximum Gasteiger partial charge on any atom is 0.228 e. The minimum atomic E-state index is -0.132. The molecule has 1 atom stereocenters. The second kappa shape index (κ2) is 10.4. The van der Waals surface area contributed by atoms with Crippen molar-refractivity contribution in [3.05, 3.63) is 77.9 Å². The van der Waals surface area contributed by atoms with Gasteiger partial charge in [-0.1, -0.05) is 30.3 Å². The van der Waals surface area contributed by atoms with Crippen LogP contribution in [-0.4, -0.2) is 27.2 Å². The summed E-state index contributed by atoms with van der Waals surface area (Å²) in [5, 5.41) is 6.39. The molecule has 3 aromatic rings. The third-order valence-electron chi connectivity index (χ3n) is 4.94. The van der Waals surface area contributed by atoms with E-state index >= 15 is 0 Å². The highest BCUT2D eigenvalue weighted by Gasteiger charge is 2.15. The lowest BCUT2D eigenvalue weighted by Crippen LogP contribution is -2.14. The average Bonchev–Trinajstić information content (AvgIpc) is 2.80. The normalized spacial score (nSPS) is 11.4. The molecular weight excluding hydrogens is 392 g/mol. The molecule has 162 valence electrons. The van der Waals surface area contributed by atoms with Gasteiger partial charge in [0.2, 0.25) is 11.7 Å². The van der Waals surface area contributed by atoms with Crippen LogP contribution < -0.4 is 24.8 Å². The molecule has 1 amide bonds. The molecule has 0 heterocycles. The topological polar surface area (TPSA) is 68.8 Å². The summed E-state index contributed by atoms with van der Waals surface area (Å²) in [5.74, 6) is 1.41. The molecule has 3 aromatic carbocycles. The summed E-state index contributed by atoms with van der Waals surface area (Å²) >= 11 is 0. The van der Waals surface area contributed by atoms with Gasteiger partial charge in [0.15, 0.2) is 11.5 Å². The third-order valence-corrected chi connectivity index (χ3v) is 4.94. The minimum absolute atomic E-state index is 0.132. The molecule has 31 heavy (non-hydrogen) atoms. The highest BCUT2D eigenvalue weighted by Crippen LogP contribution is 2.38. The van der Waals surface area contributed by atoms with Gasteiger partial charge < -0.3 is 24.8 Å². The number of rotatable bonds is 9. The first-order valence-corrected chi connectivity index (χ1v) is 10.0. The Morgan fingerprint density at radius 2 is 1.42 bits per heavy atom. The van der Waals surface area contributed by atoms with Gasteiger partial charge in [0.1, 0.15) is 0 Å². The molecule has 2 N–H and O–H groups in total. The maximum atomic E-state index is 12.5. The summed E-state index contributed by atoms with van der Waals surface area (Å²) in [7, 11) is 4.65. The van der Waals surface area contributed by atoms with Crippen molar-refractivity contribution in [1.29, 1.82) is 0 Å². The fourth-order valence-electron chi connectivity index (χ4n) is 3.35. The molecule has 0 radical (unpaired) electrons. The first-order chi connectivity index (χ1) is 15.0. The monoisotopic (exact) mass is 420 g/mol. The van der Waals surface area contributed by atoms with Crippen LogP contribution in [0.3, 0.4) is 0 Å². The maximum absolute atomic E-state index is 12.5. The number of ether oxygens (including phenoxy) is 3. The van der Waals surface area contributed by atoms with E-state index in [4.69, 9.17) is 14.2 Å². The molecule has 6 heteroatoms. The summed E-state index contributed by atoms with van der Waals surface area (Å²) in [6, 6.07) is 21.7. The van der Waals surface area contributed by atoms with Crippen molar-refractivity contribution in [3.8, 4) is 17.2 Å². The lowest BCUT2D eigenvalue weighted by atomic mass is 10.1.